The molecule has 1 atom stereocenters. The number of hydrogen-bond acceptors (Lipinski definition) is 2. The maximum atomic E-state index is 12.8. The summed E-state index contributed by atoms with van der Waals surface area (Å²) in [5, 5.41) is 2.87. The summed E-state index contributed by atoms with van der Waals surface area (Å²) in [6.07, 6.45) is 1.06. The number of hydrogen-bond donors (Lipinski definition) is 1. The predicted octanol–water partition coefficient (Wildman–Crippen LogP) is 3.65. The van der Waals surface area contributed by atoms with Gasteiger partial charge in [-0.05, 0) is 56.0 Å². The molecule has 0 fully saturated rings. The van der Waals surface area contributed by atoms with Crippen molar-refractivity contribution in [3.8, 4) is 5.75 Å². The molecular formula is C19H22FNO2. The maximum Gasteiger partial charge on any atom is 0.260 e. The van der Waals surface area contributed by atoms with Crippen molar-refractivity contribution in [2.45, 2.75) is 32.8 Å². The van der Waals surface area contributed by atoms with E-state index in [0.29, 0.717) is 6.54 Å². The van der Waals surface area contributed by atoms with Gasteiger partial charge in [0, 0.05) is 6.54 Å². The van der Waals surface area contributed by atoms with Crippen molar-refractivity contribution in [2.75, 3.05) is 6.54 Å². The molecule has 0 aliphatic rings. The van der Waals surface area contributed by atoms with Crippen LogP contribution in [0, 0.1) is 12.7 Å². The smallest absolute Gasteiger partial charge is 0.260 e. The molecule has 2 aromatic rings. The summed E-state index contributed by atoms with van der Waals surface area (Å²) in [7, 11) is 0. The Morgan fingerprint density at radius 2 is 1.87 bits per heavy atom. The minimum atomic E-state index is -0.540. The van der Waals surface area contributed by atoms with Crippen molar-refractivity contribution in [1.29, 1.82) is 0 Å². The standard InChI is InChI=1S/C19H22FNO2/c1-14-6-3-4-8-18(14)23-15(2)19(22)21-13-5-7-16-9-11-17(20)12-10-16/h3-4,6,8-12,15H,5,7,13H2,1-2H3,(H,21,22). The van der Waals surface area contributed by atoms with Gasteiger partial charge >= 0.3 is 0 Å². The fraction of sp³-hybridized carbons (Fsp3) is 0.316. The lowest BCUT2D eigenvalue weighted by Crippen LogP contribution is -2.37. The molecule has 2 aromatic carbocycles. The highest BCUT2D eigenvalue weighted by molar-refractivity contribution is 5.80. The van der Waals surface area contributed by atoms with Crippen LogP contribution in [0.25, 0.3) is 0 Å². The van der Waals surface area contributed by atoms with Gasteiger partial charge < -0.3 is 10.1 Å². The van der Waals surface area contributed by atoms with Gasteiger partial charge in [0.15, 0.2) is 6.10 Å². The number of nitrogens with one attached hydrogen (secondary N) is 1. The van der Waals surface area contributed by atoms with E-state index in [1.165, 1.54) is 12.1 Å². The number of benzene rings is 2. The van der Waals surface area contributed by atoms with Crippen LogP contribution in [0.1, 0.15) is 24.5 Å². The Morgan fingerprint density at radius 3 is 2.57 bits per heavy atom. The third-order valence-electron chi connectivity index (χ3n) is 3.62. The monoisotopic (exact) mass is 315 g/mol. The molecule has 0 radical (unpaired) electrons. The largest absolute Gasteiger partial charge is 0.481 e. The van der Waals surface area contributed by atoms with Crippen molar-refractivity contribution < 1.29 is 13.9 Å². The van der Waals surface area contributed by atoms with Gasteiger partial charge in [-0.15, -0.1) is 0 Å². The molecule has 0 heterocycles. The van der Waals surface area contributed by atoms with Gasteiger partial charge in [0.1, 0.15) is 11.6 Å². The molecule has 1 N–H and O–H groups in total. The van der Waals surface area contributed by atoms with E-state index in [-0.39, 0.29) is 11.7 Å². The summed E-state index contributed by atoms with van der Waals surface area (Å²) in [4.78, 5) is 12.0. The van der Waals surface area contributed by atoms with Gasteiger partial charge in [0.05, 0.1) is 0 Å². The quantitative estimate of drug-likeness (QED) is 0.792. The highest BCUT2D eigenvalue weighted by Crippen LogP contribution is 2.17. The Kier molecular flexibility index (Phi) is 6.15. The van der Waals surface area contributed by atoms with Crippen LogP contribution < -0.4 is 10.1 Å². The second-order valence-corrected chi connectivity index (χ2v) is 5.55. The number of halogens is 1. The molecule has 1 unspecified atom stereocenters. The Labute approximate surface area is 136 Å². The molecule has 0 aliphatic carbocycles. The van der Waals surface area contributed by atoms with Crippen LogP contribution in [0.15, 0.2) is 48.5 Å². The maximum absolute atomic E-state index is 12.8. The van der Waals surface area contributed by atoms with Crippen molar-refractivity contribution in [1.82, 2.24) is 5.32 Å². The lowest BCUT2D eigenvalue weighted by molar-refractivity contribution is -0.127. The molecule has 1 amide bonds. The zero-order valence-electron chi connectivity index (χ0n) is 13.5. The first-order valence-electron chi connectivity index (χ1n) is 7.80. The van der Waals surface area contributed by atoms with E-state index in [1.807, 2.05) is 31.2 Å². The van der Waals surface area contributed by atoms with Crippen LogP contribution >= 0.6 is 0 Å². The number of aryl methyl sites for hydroxylation is 2. The number of carbonyl (C=O) groups is 1. The van der Waals surface area contributed by atoms with E-state index in [9.17, 15) is 9.18 Å². The molecule has 0 aliphatic heterocycles. The van der Waals surface area contributed by atoms with E-state index in [4.69, 9.17) is 4.74 Å². The van der Waals surface area contributed by atoms with Crippen LogP contribution in [0.4, 0.5) is 4.39 Å². The first-order chi connectivity index (χ1) is 11.1. The molecule has 122 valence electrons. The fourth-order valence-corrected chi connectivity index (χ4v) is 2.23. The number of rotatable bonds is 7. The molecule has 0 saturated heterocycles. The van der Waals surface area contributed by atoms with Crippen molar-refractivity contribution >= 4 is 5.91 Å². The number of carbonyl (C=O) groups excluding carboxylic acids is 1. The third-order valence-corrected chi connectivity index (χ3v) is 3.62. The minimum absolute atomic E-state index is 0.132. The van der Waals surface area contributed by atoms with Gasteiger partial charge in [-0.2, -0.15) is 0 Å². The van der Waals surface area contributed by atoms with Crippen LogP contribution in [0.3, 0.4) is 0 Å². The van der Waals surface area contributed by atoms with Crippen molar-refractivity contribution in [2.24, 2.45) is 0 Å². The molecule has 3 nitrogen and oxygen atoms in total. The van der Waals surface area contributed by atoms with E-state index < -0.39 is 6.10 Å². The Bertz CT molecular complexity index is 640. The Morgan fingerprint density at radius 1 is 1.17 bits per heavy atom. The zero-order valence-corrected chi connectivity index (χ0v) is 13.5. The van der Waals surface area contributed by atoms with E-state index >= 15 is 0 Å². The predicted molar refractivity (Wildman–Crippen MR) is 89.0 cm³/mol. The van der Waals surface area contributed by atoms with Crippen LogP contribution in [-0.4, -0.2) is 18.6 Å². The molecule has 0 spiro atoms. The molecule has 2 rings (SSSR count). The van der Waals surface area contributed by atoms with Crippen molar-refractivity contribution in [3.63, 3.8) is 0 Å². The lowest BCUT2D eigenvalue weighted by atomic mass is 10.1. The molecule has 4 heteroatoms. The van der Waals surface area contributed by atoms with Crippen molar-refractivity contribution in [3.05, 3.63) is 65.5 Å². The van der Waals surface area contributed by atoms with Crippen LogP contribution in [-0.2, 0) is 11.2 Å². The molecule has 0 aromatic heterocycles. The van der Waals surface area contributed by atoms with E-state index in [1.54, 1.807) is 19.1 Å². The summed E-state index contributed by atoms with van der Waals surface area (Å²) in [5.74, 6) is 0.359. The Balaban J connectivity index is 1.72. The summed E-state index contributed by atoms with van der Waals surface area (Å²) in [6.45, 7) is 4.25. The highest BCUT2D eigenvalue weighted by atomic mass is 19.1. The number of ether oxygens (including phenoxy) is 1. The summed E-state index contributed by atoms with van der Waals surface area (Å²) in [6, 6.07) is 14.1. The number of amides is 1. The second-order valence-electron chi connectivity index (χ2n) is 5.55. The van der Waals surface area contributed by atoms with E-state index in [0.717, 1.165) is 29.7 Å². The van der Waals surface area contributed by atoms with Gasteiger partial charge in [0.2, 0.25) is 0 Å². The summed E-state index contributed by atoms with van der Waals surface area (Å²) >= 11 is 0. The SMILES string of the molecule is Cc1ccccc1OC(C)C(=O)NCCCc1ccc(F)cc1. The minimum Gasteiger partial charge on any atom is -0.481 e. The van der Waals surface area contributed by atoms with E-state index in [2.05, 4.69) is 5.32 Å². The van der Waals surface area contributed by atoms with Gasteiger partial charge in [-0.3, -0.25) is 4.79 Å². The topological polar surface area (TPSA) is 38.3 Å². The average molecular weight is 315 g/mol. The highest BCUT2D eigenvalue weighted by Gasteiger charge is 2.14. The summed E-state index contributed by atoms with van der Waals surface area (Å²) < 4.78 is 18.5. The lowest BCUT2D eigenvalue weighted by Gasteiger charge is -2.16. The second kappa shape index (κ2) is 8.32. The first kappa shape index (κ1) is 17.0. The fourth-order valence-electron chi connectivity index (χ4n) is 2.23. The van der Waals surface area contributed by atoms with Gasteiger partial charge in [0.25, 0.3) is 5.91 Å². The average Bonchev–Trinajstić information content (AvgIpc) is 2.55. The molecule has 0 saturated carbocycles. The molecule has 0 bridgehead atoms. The molecular weight excluding hydrogens is 293 g/mol. The first-order valence-corrected chi connectivity index (χ1v) is 7.80. The third kappa shape index (κ3) is 5.40. The number of para-hydroxylation sites is 1. The van der Waals surface area contributed by atoms with Gasteiger partial charge in [-0.1, -0.05) is 30.3 Å². The van der Waals surface area contributed by atoms with Crippen LogP contribution in [0.2, 0.25) is 0 Å². The van der Waals surface area contributed by atoms with Crippen LogP contribution in [0.5, 0.6) is 5.75 Å². The van der Waals surface area contributed by atoms with Gasteiger partial charge in [-0.25, -0.2) is 4.39 Å². The Hall–Kier alpha value is -2.36. The normalized spacial score (nSPS) is 11.8. The summed E-state index contributed by atoms with van der Waals surface area (Å²) in [5.41, 5.74) is 2.06. The molecule has 23 heavy (non-hydrogen) atoms. The zero-order chi connectivity index (χ0) is 16.7.